The first-order chi connectivity index (χ1) is 17.8. The van der Waals surface area contributed by atoms with Gasteiger partial charge in [0.1, 0.15) is 12.1 Å². The van der Waals surface area contributed by atoms with E-state index in [1.807, 2.05) is 4.90 Å². The first-order valence-electron chi connectivity index (χ1n) is 12.6. The van der Waals surface area contributed by atoms with Crippen LogP contribution in [0.4, 0.5) is 23.7 Å². The molecule has 2 aliphatic heterocycles. The van der Waals surface area contributed by atoms with Crippen molar-refractivity contribution >= 4 is 41.0 Å². The molecule has 38 heavy (non-hydrogen) atoms. The van der Waals surface area contributed by atoms with Crippen LogP contribution in [-0.2, 0) is 20.6 Å². The van der Waals surface area contributed by atoms with Gasteiger partial charge in [-0.3, -0.25) is 14.4 Å². The summed E-state index contributed by atoms with van der Waals surface area (Å²) >= 11 is 5.72. The average molecular weight is 558 g/mol. The molecule has 0 unspecified atom stereocenters. The fourth-order valence-electron chi connectivity index (χ4n) is 5.22. The number of halogens is 4. The number of piperidine rings is 1. The lowest BCUT2D eigenvalue weighted by atomic mass is 9.93. The Hall–Kier alpha value is -3.02. The minimum absolute atomic E-state index is 0.00506. The number of benzene rings is 1. The van der Waals surface area contributed by atoms with Gasteiger partial charge in [0.15, 0.2) is 0 Å². The summed E-state index contributed by atoms with van der Waals surface area (Å²) in [5, 5.41) is 1.83. The number of amides is 5. The SMILES string of the molecule is C[C@H]1C(=O)N(CCCC(=O)N2CCC3(CC2)CC3)[C@@H](C(N)=O)CN1C(=O)Nc1ccc(C(F)(F)F)c(Cl)c1. The predicted octanol–water partition coefficient (Wildman–Crippen LogP) is 3.46. The number of hydrogen-bond donors (Lipinski definition) is 2. The van der Waals surface area contributed by atoms with Gasteiger partial charge in [-0.25, -0.2) is 4.79 Å². The molecular weight excluding hydrogens is 527 g/mol. The Kier molecular flexibility index (Phi) is 7.83. The summed E-state index contributed by atoms with van der Waals surface area (Å²) in [6, 6.07) is -0.124. The summed E-state index contributed by atoms with van der Waals surface area (Å²) in [5.41, 5.74) is 4.95. The van der Waals surface area contributed by atoms with Crippen LogP contribution in [0.15, 0.2) is 18.2 Å². The second-order valence-corrected chi connectivity index (χ2v) is 10.8. The number of primary amides is 1. The molecule has 5 amide bonds. The van der Waals surface area contributed by atoms with Gasteiger partial charge in [0.25, 0.3) is 0 Å². The van der Waals surface area contributed by atoms with E-state index in [0.29, 0.717) is 11.8 Å². The van der Waals surface area contributed by atoms with E-state index in [4.69, 9.17) is 17.3 Å². The molecule has 0 radical (unpaired) electrons. The van der Waals surface area contributed by atoms with Gasteiger partial charge >= 0.3 is 12.2 Å². The Morgan fingerprint density at radius 3 is 2.37 bits per heavy atom. The third-order valence-corrected chi connectivity index (χ3v) is 8.21. The predicted molar refractivity (Wildman–Crippen MR) is 133 cm³/mol. The van der Waals surface area contributed by atoms with Crippen LogP contribution in [0.2, 0.25) is 5.02 Å². The smallest absolute Gasteiger partial charge is 0.368 e. The number of nitrogens with two attached hydrogens (primary N) is 1. The minimum Gasteiger partial charge on any atom is -0.368 e. The molecule has 1 aromatic rings. The van der Waals surface area contributed by atoms with Crippen LogP contribution < -0.4 is 11.1 Å². The van der Waals surface area contributed by atoms with Crippen molar-refractivity contribution in [3.8, 4) is 0 Å². The quantitative estimate of drug-likeness (QED) is 0.557. The number of carbonyl (C=O) groups is 4. The Morgan fingerprint density at radius 1 is 1.16 bits per heavy atom. The van der Waals surface area contributed by atoms with Crippen molar-refractivity contribution in [2.45, 2.75) is 63.7 Å². The van der Waals surface area contributed by atoms with E-state index in [1.54, 1.807) is 0 Å². The molecule has 2 atom stereocenters. The summed E-state index contributed by atoms with van der Waals surface area (Å²) in [7, 11) is 0. The summed E-state index contributed by atoms with van der Waals surface area (Å²) in [6.07, 6.45) is 0.470. The summed E-state index contributed by atoms with van der Waals surface area (Å²) in [4.78, 5) is 55.1. The molecule has 1 saturated carbocycles. The number of piperazine rings is 1. The zero-order valence-electron chi connectivity index (χ0n) is 21.0. The van der Waals surface area contributed by atoms with Crippen LogP contribution in [-0.4, -0.2) is 76.7 Å². The van der Waals surface area contributed by atoms with Gasteiger partial charge in [0.2, 0.25) is 17.7 Å². The van der Waals surface area contributed by atoms with Crippen LogP contribution in [0, 0.1) is 5.41 Å². The lowest BCUT2D eigenvalue weighted by Gasteiger charge is -2.43. The third kappa shape index (κ3) is 6.00. The molecule has 3 N–H and O–H groups in total. The maximum atomic E-state index is 13.1. The zero-order chi connectivity index (χ0) is 27.8. The molecule has 208 valence electrons. The van der Waals surface area contributed by atoms with E-state index in [1.165, 1.54) is 24.7 Å². The van der Waals surface area contributed by atoms with Crippen LogP contribution in [0.5, 0.6) is 0 Å². The maximum absolute atomic E-state index is 13.1. The second-order valence-electron chi connectivity index (χ2n) is 10.4. The van der Waals surface area contributed by atoms with E-state index >= 15 is 0 Å². The number of urea groups is 1. The van der Waals surface area contributed by atoms with Gasteiger partial charge in [-0.05, 0) is 62.6 Å². The van der Waals surface area contributed by atoms with Crippen LogP contribution >= 0.6 is 11.6 Å². The van der Waals surface area contributed by atoms with Crippen molar-refractivity contribution in [3.05, 3.63) is 28.8 Å². The lowest BCUT2D eigenvalue weighted by molar-refractivity contribution is -0.148. The topological polar surface area (TPSA) is 116 Å². The van der Waals surface area contributed by atoms with Crippen LogP contribution in [0.1, 0.15) is 51.0 Å². The molecular formula is C25H31ClF3N5O4. The van der Waals surface area contributed by atoms with Gasteiger partial charge in [0, 0.05) is 31.7 Å². The molecule has 0 bridgehead atoms. The van der Waals surface area contributed by atoms with Gasteiger partial charge < -0.3 is 25.8 Å². The summed E-state index contributed by atoms with van der Waals surface area (Å²) in [6.45, 7) is 2.90. The fraction of sp³-hybridized carbons (Fsp3) is 0.600. The second kappa shape index (κ2) is 10.6. The molecule has 1 aliphatic carbocycles. The molecule has 13 heteroatoms. The number of nitrogens with one attached hydrogen (secondary N) is 1. The highest BCUT2D eigenvalue weighted by Crippen LogP contribution is 2.53. The van der Waals surface area contributed by atoms with Gasteiger partial charge in [-0.1, -0.05) is 11.6 Å². The van der Waals surface area contributed by atoms with E-state index in [-0.39, 0.29) is 31.1 Å². The van der Waals surface area contributed by atoms with Crippen molar-refractivity contribution in [2.24, 2.45) is 11.1 Å². The molecule has 3 aliphatic rings. The van der Waals surface area contributed by atoms with E-state index in [2.05, 4.69) is 5.32 Å². The zero-order valence-corrected chi connectivity index (χ0v) is 21.8. The number of carbonyl (C=O) groups excluding carboxylic acids is 4. The van der Waals surface area contributed by atoms with Crippen LogP contribution in [0.25, 0.3) is 0 Å². The lowest BCUT2D eigenvalue weighted by Crippen LogP contribution is -2.66. The van der Waals surface area contributed by atoms with Crippen molar-refractivity contribution in [1.29, 1.82) is 0 Å². The standard InChI is InChI=1S/C25H31ClF3N5O4/c1-15-22(37)33(10-2-3-20(35)32-11-8-24(6-7-24)9-12-32)19(21(30)36)14-34(15)23(38)31-16-4-5-17(18(26)13-16)25(27,28)29/h4-5,13,15,19H,2-3,6-12,14H2,1H3,(H2,30,36)(H,31,38)/t15-,19+/m0/s1. The Bertz CT molecular complexity index is 1120. The number of likely N-dealkylation sites (tertiary alicyclic amines) is 1. The van der Waals surface area contributed by atoms with E-state index < -0.39 is 46.7 Å². The van der Waals surface area contributed by atoms with Crippen molar-refractivity contribution in [2.75, 3.05) is 31.5 Å². The van der Waals surface area contributed by atoms with Gasteiger partial charge in [-0.2, -0.15) is 13.2 Å². The Morgan fingerprint density at radius 2 is 1.82 bits per heavy atom. The van der Waals surface area contributed by atoms with E-state index in [9.17, 15) is 32.3 Å². The number of rotatable bonds is 6. The third-order valence-electron chi connectivity index (χ3n) is 7.89. The average Bonchev–Trinajstić information content (AvgIpc) is 3.59. The summed E-state index contributed by atoms with van der Waals surface area (Å²) in [5.74, 6) is -1.30. The highest BCUT2D eigenvalue weighted by atomic mass is 35.5. The molecule has 0 aromatic heterocycles. The molecule has 9 nitrogen and oxygen atoms in total. The van der Waals surface area contributed by atoms with Gasteiger partial charge in [-0.15, -0.1) is 0 Å². The largest absolute Gasteiger partial charge is 0.417 e. The summed E-state index contributed by atoms with van der Waals surface area (Å²) < 4.78 is 38.9. The number of anilines is 1. The molecule has 1 spiro atoms. The van der Waals surface area contributed by atoms with Crippen LogP contribution in [0.3, 0.4) is 0 Å². The number of hydrogen-bond acceptors (Lipinski definition) is 4. The highest BCUT2D eigenvalue weighted by Gasteiger charge is 2.45. The van der Waals surface area contributed by atoms with Crippen molar-refractivity contribution in [3.63, 3.8) is 0 Å². The Labute approximate surface area is 223 Å². The Balaban J connectivity index is 1.34. The molecule has 2 saturated heterocycles. The molecule has 3 fully saturated rings. The van der Waals surface area contributed by atoms with Crippen molar-refractivity contribution < 1.29 is 32.3 Å². The monoisotopic (exact) mass is 557 g/mol. The normalized spacial score (nSPS) is 23.0. The highest BCUT2D eigenvalue weighted by molar-refractivity contribution is 6.31. The maximum Gasteiger partial charge on any atom is 0.417 e. The van der Waals surface area contributed by atoms with Gasteiger partial charge in [0.05, 0.1) is 17.1 Å². The first-order valence-corrected chi connectivity index (χ1v) is 13.0. The minimum atomic E-state index is -4.65. The fourth-order valence-corrected chi connectivity index (χ4v) is 5.51. The number of nitrogens with zero attached hydrogens (tertiary/aromatic N) is 3. The molecule has 1 aromatic carbocycles. The molecule has 2 heterocycles. The first kappa shape index (κ1) is 28.0. The van der Waals surface area contributed by atoms with Crippen molar-refractivity contribution in [1.82, 2.24) is 14.7 Å². The molecule has 4 rings (SSSR count). The number of alkyl halides is 3. The van der Waals surface area contributed by atoms with E-state index in [0.717, 1.165) is 49.0 Å².